The van der Waals surface area contributed by atoms with Crippen LogP contribution in [0.15, 0.2) is 0 Å². The summed E-state index contributed by atoms with van der Waals surface area (Å²) in [4.78, 5) is 22.0. The topological polar surface area (TPSA) is 75.6 Å². The molecule has 15 heavy (non-hydrogen) atoms. The number of ether oxygens (including phenoxy) is 1. The highest BCUT2D eigenvalue weighted by Crippen LogP contribution is 1.97. The number of carboxylic acid groups (broad SMARTS) is 1. The van der Waals surface area contributed by atoms with Crippen LogP contribution in [0.5, 0.6) is 0 Å². The molecule has 0 aliphatic rings. The summed E-state index contributed by atoms with van der Waals surface area (Å²) in [5.41, 5.74) is 0. The van der Waals surface area contributed by atoms with Gasteiger partial charge in [-0.3, -0.25) is 4.79 Å². The lowest BCUT2D eigenvalue weighted by atomic mass is 10.1. The SMILES string of the molecule is CCCC(NC(=O)CCOCC)C(=O)O. The third-order valence-corrected chi connectivity index (χ3v) is 1.89. The number of carbonyl (C=O) groups is 2. The van der Waals surface area contributed by atoms with Gasteiger partial charge in [0.1, 0.15) is 6.04 Å². The number of nitrogens with one attached hydrogen (secondary N) is 1. The second-order valence-corrected chi connectivity index (χ2v) is 3.19. The van der Waals surface area contributed by atoms with E-state index in [2.05, 4.69) is 5.32 Å². The van der Waals surface area contributed by atoms with E-state index >= 15 is 0 Å². The number of aliphatic carboxylic acids is 1. The Balaban J connectivity index is 3.84. The van der Waals surface area contributed by atoms with Gasteiger partial charge in [0, 0.05) is 13.0 Å². The van der Waals surface area contributed by atoms with Crippen LogP contribution in [0.2, 0.25) is 0 Å². The maximum atomic E-state index is 11.3. The van der Waals surface area contributed by atoms with E-state index in [4.69, 9.17) is 9.84 Å². The van der Waals surface area contributed by atoms with Crippen LogP contribution in [0.3, 0.4) is 0 Å². The number of hydrogen-bond acceptors (Lipinski definition) is 3. The van der Waals surface area contributed by atoms with Gasteiger partial charge in [-0.25, -0.2) is 4.79 Å². The van der Waals surface area contributed by atoms with Gasteiger partial charge < -0.3 is 15.2 Å². The lowest BCUT2D eigenvalue weighted by Crippen LogP contribution is -2.40. The third kappa shape index (κ3) is 6.90. The van der Waals surface area contributed by atoms with E-state index in [0.29, 0.717) is 19.6 Å². The molecule has 0 rings (SSSR count). The average molecular weight is 217 g/mol. The highest BCUT2D eigenvalue weighted by atomic mass is 16.5. The molecule has 5 nitrogen and oxygen atoms in total. The van der Waals surface area contributed by atoms with Crippen molar-refractivity contribution in [3.8, 4) is 0 Å². The molecule has 0 aromatic carbocycles. The summed E-state index contributed by atoms with van der Waals surface area (Å²) in [6, 6.07) is -0.774. The van der Waals surface area contributed by atoms with Gasteiger partial charge in [0.2, 0.25) is 5.91 Å². The van der Waals surface area contributed by atoms with Crippen molar-refractivity contribution >= 4 is 11.9 Å². The quantitative estimate of drug-likeness (QED) is 0.589. The molecule has 5 heteroatoms. The summed E-state index contributed by atoms with van der Waals surface area (Å²) in [6.45, 7) is 4.61. The first-order chi connectivity index (χ1) is 7.11. The highest BCUT2D eigenvalue weighted by Gasteiger charge is 2.18. The van der Waals surface area contributed by atoms with Crippen molar-refractivity contribution in [3.05, 3.63) is 0 Å². The number of amides is 1. The number of rotatable bonds is 8. The number of hydrogen-bond donors (Lipinski definition) is 2. The zero-order chi connectivity index (χ0) is 11.7. The van der Waals surface area contributed by atoms with Gasteiger partial charge in [-0.05, 0) is 13.3 Å². The Labute approximate surface area is 89.8 Å². The Morgan fingerprint density at radius 1 is 1.40 bits per heavy atom. The van der Waals surface area contributed by atoms with Crippen LogP contribution in [0.1, 0.15) is 33.1 Å². The molecule has 0 fully saturated rings. The van der Waals surface area contributed by atoms with Crippen molar-refractivity contribution in [1.29, 1.82) is 0 Å². The lowest BCUT2D eigenvalue weighted by Gasteiger charge is -2.13. The zero-order valence-corrected chi connectivity index (χ0v) is 9.28. The van der Waals surface area contributed by atoms with E-state index in [9.17, 15) is 9.59 Å². The van der Waals surface area contributed by atoms with E-state index in [1.807, 2.05) is 13.8 Å². The molecule has 2 N–H and O–H groups in total. The fourth-order valence-electron chi connectivity index (χ4n) is 1.12. The van der Waals surface area contributed by atoms with Crippen LogP contribution in [0, 0.1) is 0 Å². The van der Waals surface area contributed by atoms with Crippen molar-refractivity contribution < 1.29 is 19.4 Å². The van der Waals surface area contributed by atoms with Crippen LogP contribution >= 0.6 is 0 Å². The minimum atomic E-state index is -0.985. The average Bonchev–Trinajstić information content (AvgIpc) is 2.17. The Morgan fingerprint density at radius 2 is 2.07 bits per heavy atom. The molecule has 0 saturated heterocycles. The molecule has 1 unspecified atom stereocenters. The second-order valence-electron chi connectivity index (χ2n) is 3.19. The zero-order valence-electron chi connectivity index (χ0n) is 9.28. The van der Waals surface area contributed by atoms with E-state index in [-0.39, 0.29) is 12.3 Å². The molecular formula is C10H19NO4. The first-order valence-corrected chi connectivity index (χ1v) is 5.21. The van der Waals surface area contributed by atoms with Crippen molar-refractivity contribution in [2.75, 3.05) is 13.2 Å². The molecule has 0 aromatic heterocycles. The highest BCUT2D eigenvalue weighted by molar-refractivity contribution is 5.83. The lowest BCUT2D eigenvalue weighted by molar-refractivity contribution is -0.142. The monoisotopic (exact) mass is 217 g/mol. The van der Waals surface area contributed by atoms with Crippen LogP contribution in [0.4, 0.5) is 0 Å². The summed E-state index contributed by atoms with van der Waals surface area (Å²) < 4.78 is 5.00. The Morgan fingerprint density at radius 3 is 2.53 bits per heavy atom. The molecule has 0 radical (unpaired) electrons. The first kappa shape index (κ1) is 13.9. The van der Waals surface area contributed by atoms with E-state index in [0.717, 1.165) is 6.42 Å². The fraction of sp³-hybridized carbons (Fsp3) is 0.800. The van der Waals surface area contributed by atoms with Gasteiger partial charge in [0.25, 0.3) is 0 Å². The molecule has 1 atom stereocenters. The van der Waals surface area contributed by atoms with Gasteiger partial charge in [-0.1, -0.05) is 13.3 Å². The molecule has 0 spiro atoms. The van der Waals surface area contributed by atoms with E-state index in [1.165, 1.54) is 0 Å². The Hall–Kier alpha value is -1.10. The van der Waals surface area contributed by atoms with Gasteiger partial charge in [-0.2, -0.15) is 0 Å². The minimum Gasteiger partial charge on any atom is -0.480 e. The predicted octanol–water partition coefficient (Wildman–Crippen LogP) is 0.782. The molecule has 1 amide bonds. The first-order valence-electron chi connectivity index (χ1n) is 5.21. The summed E-state index contributed by atoms with van der Waals surface area (Å²) in [6.07, 6.45) is 1.39. The Kier molecular flexibility index (Phi) is 7.62. The normalized spacial score (nSPS) is 12.1. The maximum absolute atomic E-state index is 11.3. The summed E-state index contributed by atoms with van der Waals surface area (Å²) in [5.74, 6) is -1.26. The van der Waals surface area contributed by atoms with Crippen LogP contribution in [-0.2, 0) is 14.3 Å². The standard InChI is InChI=1S/C10H19NO4/c1-3-5-8(10(13)14)11-9(12)6-7-15-4-2/h8H,3-7H2,1-2H3,(H,11,12)(H,13,14). The van der Waals surface area contributed by atoms with Gasteiger partial charge in [0.15, 0.2) is 0 Å². The second kappa shape index (κ2) is 8.23. The van der Waals surface area contributed by atoms with Gasteiger partial charge >= 0.3 is 5.97 Å². The van der Waals surface area contributed by atoms with Gasteiger partial charge in [-0.15, -0.1) is 0 Å². The molecule has 0 saturated carbocycles. The minimum absolute atomic E-state index is 0.210. The largest absolute Gasteiger partial charge is 0.480 e. The summed E-state index contributed by atoms with van der Waals surface area (Å²) in [7, 11) is 0. The van der Waals surface area contributed by atoms with E-state index in [1.54, 1.807) is 0 Å². The molecule has 0 bridgehead atoms. The summed E-state index contributed by atoms with van der Waals surface area (Å²) in [5, 5.41) is 11.2. The predicted molar refractivity (Wildman–Crippen MR) is 55.6 cm³/mol. The van der Waals surface area contributed by atoms with Gasteiger partial charge in [0.05, 0.1) is 6.61 Å². The molecule has 0 aliphatic heterocycles. The van der Waals surface area contributed by atoms with Crippen molar-refractivity contribution in [2.45, 2.75) is 39.2 Å². The third-order valence-electron chi connectivity index (χ3n) is 1.89. The Bertz CT molecular complexity index is 206. The molecule has 0 heterocycles. The van der Waals surface area contributed by atoms with Crippen molar-refractivity contribution in [1.82, 2.24) is 5.32 Å². The van der Waals surface area contributed by atoms with Crippen LogP contribution < -0.4 is 5.32 Å². The maximum Gasteiger partial charge on any atom is 0.326 e. The van der Waals surface area contributed by atoms with E-state index < -0.39 is 12.0 Å². The molecule has 0 aromatic rings. The van der Waals surface area contributed by atoms with Crippen LogP contribution in [-0.4, -0.2) is 36.2 Å². The van der Waals surface area contributed by atoms with Crippen molar-refractivity contribution in [3.63, 3.8) is 0 Å². The number of carbonyl (C=O) groups excluding carboxylic acids is 1. The molecular weight excluding hydrogens is 198 g/mol. The molecule has 88 valence electrons. The molecule has 0 aliphatic carbocycles. The fourth-order valence-corrected chi connectivity index (χ4v) is 1.12. The smallest absolute Gasteiger partial charge is 0.326 e. The van der Waals surface area contributed by atoms with Crippen molar-refractivity contribution in [2.24, 2.45) is 0 Å². The summed E-state index contributed by atoms with van der Waals surface area (Å²) >= 11 is 0. The van der Waals surface area contributed by atoms with Crippen LogP contribution in [0.25, 0.3) is 0 Å². The number of carboxylic acids is 1.